The van der Waals surface area contributed by atoms with Crippen LogP contribution in [0, 0.1) is 12.3 Å². The molecule has 0 fully saturated rings. The third-order valence-electron chi connectivity index (χ3n) is 5.20. The van der Waals surface area contributed by atoms with Crippen molar-refractivity contribution in [1.29, 1.82) is 5.41 Å². The van der Waals surface area contributed by atoms with E-state index in [1.165, 1.54) is 0 Å². The molecule has 1 aromatic carbocycles. The van der Waals surface area contributed by atoms with Crippen molar-refractivity contribution in [3.63, 3.8) is 0 Å². The highest BCUT2D eigenvalue weighted by atomic mass is 32.1. The van der Waals surface area contributed by atoms with E-state index < -0.39 is 17.8 Å². The van der Waals surface area contributed by atoms with Crippen molar-refractivity contribution in [2.45, 2.75) is 27.7 Å². The topological polar surface area (TPSA) is 139 Å². The first-order valence-corrected chi connectivity index (χ1v) is 11.3. The van der Waals surface area contributed by atoms with E-state index in [9.17, 15) is 14.4 Å². The second kappa shape index (κ2) is 9.86. The number of amides is 2. The summed E-state index contributed by atoms with van der Waals surface area (Å²) in [6, 6.07) is 7.15. The van der Waals surface area contributed by atoms with Gasteiger partial charge in [-0.15, -0.1) is 11.3 Å². The van der Waals surface area contributed by atoms with Gasteiger partial charge in [-0.1, -0.05) is 0 Å². The summed E-state index contributed by atoms with van der Waals surface area (Å²) in [6.45, 7) is 9.10. The Balaban J connectivity index is 2.00. The largest absolute Gasteiger partial charge is 0.462 e. The highest BCUT2D eigenvalue weighted by Gasteiger charge is 2.26. The van der Waals surface area contributed by atoms with Gasteiger partial charge in [-0.05, 0) is 51.5 Å². The minimum atomic E-state index is -0.713. The van der Waals surface area contributed by atoms with Crippen LogP contribution >= 0.6 is 11.3 Å². The number of fused-ring (bicyclic) bond motifs is 1. The average molecular weight is 471 g/mol. The lowest BCUT2D eigenvalue weighted by Gasteiger charge is -2.21. The van der Waals surface area contributed by atoms with E-state index in [0.717, 1.165) is 30.1 Å². The van der Waals surface area contributed by atoms with Crippen molar-refractivity contribution < 1.29 is 23.5 Å². The predicted molar refractivity (Wildman–Crippen MR) is 127 cm³/mol. The molecular formula is C23H26N4O5S. The molecule has 174 valence electrons. The molecule has 4 N–H and O–H groups in total. The maximum Gasteiger partial charge on any atom is 0.341 e. The van der Waals surface area contributed by atoms with Gasteiger partial charge in [0, 0.05) is 30.2 Å². The van der Waals surface area contributed by atoms with E-state index in [-0.39, 0.29) is 33.2 Å². The van der Waals surface area contributed by atoms with Crippen LogP contribution in [0.2, 0.25) is 0 Å². The number of primary amides is 1. The third-order valence-corrected chi connectivity index (χ3v) is 6.43. The number of rotatable bonds is 8. The number of nitrogens with one attached hydrogen (secondary N) is 2. The number of nitrogens with zero attached hydrogens (tertiary/aromatic N) is 1. The van der Waals surface area contributed by atoms with Gasteiger partial charge < -0.3 is 25.1 Å². The highest BCUT2D eigenvalue weighted by Crippen LogP contribution is 2.34. The van der Waals surface area contributed by atoms with Crippen molar-refractivity contribution in [2.75, 3.05) is 29.9 Å². The molecule has 0 aliphatic heterocycles. The van der Waals surface area contributed by atoms with E-state index in [1.54, 1.807) is 19.9 Å². The predicted octanol–water partition coefficient (Wildman–Crippen LogP) is 3.66. The number of nitrogens with two attached hydrogens (primary N) is 1. The molecule has 10 heteroatoms. The van der Waals surface area contributed by atoms with Crippen molar-refractivity contribution in [3.05, 3.63) is 51.4 Å². The molecule has 0 bridgehead atoms. The van der Waals surface area contributed by atoms with Crippen LogP contribution in [0.3, 0.4) is 0 Å². The Bertz CT molecular complexity index is 1290. The summed E-state index contributed by atoms with van der Waals surface area (Å²) in [6.07, 6.45) is 0. The van der Waals surface area contributed by atoms with Crippen molar-refractivity contribution >= 4 is 50.8 Å². The smallest absolute Gasteiger partial charge is 0.341 e. The first-order valence-electron chi connectivity index (χ1n) is 10.5. The zero-order chi connectivity index (χ0) is 24.3. The zero-order valence-electron chi connectivity index (χ0n) is 18.9. The second-order valence-corrected chi connectivity index (χ2v) is 8.20. The van der Waals surface area contributed by atoms with Crippen LogP contribution in [0.25, 0.3) is 11.0 Å². The number of esters is 1. The normalized spacial score (nSPS) is 10.8. The van der Waals surface area contributed by atoms with Crippen LogP contribution in [0.15, 0.2) is 28.7 Å². The molecule has 3 rings (SSSR count). The fourth-order valence-electron chi connectivity index (χ4n) is 3.53. The van der Waals surface area contributed by atoms with Crippen LogP contribution in [-0.4, -0.2) is 37.5 Å². The minimum Gasteiger partial charge on any atom is -0.462 e. The van der Waals surface area contributed by atoms with Crippen LogP contribution in [0.5, 0.6) is 0 Å². The Morgan fingerprint density at radius 3 is 2.48 bits per heavy atom. The summed E-state index contributed by atoms with van der Waals surface area (Å²) in [5.74, 6) is -2.04. The molecule has 2 aromatic heterocycles. The quantitative estimate of drug-likeness (QED) is 0.430. The van der Waals surface area contributed by atoms with Crippen molar-refractivity contribution in [3.8, 4) is 0 Å². The molecule has 0 saturated carbocycles. The van der Waals surface area contributed by atoms with Crippen LogP contribution in [0.1, 0.15) is 56.7 Å². The second-order valence-electron chi connectivity index (χ2n) is 7.18. The van der Waals surface area contributed by atoms with Crippen LogP contribution in [-0.2, 0) is 4.74 Å². The standard InChI is InChI=1S/C23H26N4O5S/c1-5-27(6-2)14-9-8-13-10-15(20(25)32-16(13)11-14)21(29)26-22-17(23(30)31-7-3)12(4)18(33-22)19(24)28/h8-11,25H,5-7H2,1-4H3,(H2,24,28)(H,26,29). The molecule has 0 spiro atoms. The van der Waals surface area contributed by atoms with Gasteiger partial charge in [-0.2, -0.15) is 0 Å². The summed E-state index contributed by atoms with van der Waals surface area (Å²) in [5, 5.41) is 11.6. The lowest BCUT2D eigenvalue weighted by atomic mass is 10.1. The van der Waals surface area contributed by atoms with Gasteiger partial charge in [0.1, 0.15) is 16.1 Å². The average Bonchev–Trinajstić information content (AvgIpc) is 3.10. The number of ether oxygens (including phenoxy) is 1. The number of benzene rings is 1. The molecule has 0 unspecified atom stereocenters. The first-order chi connectivity index (χ1) is 15.7. The van der Waals surface area contributed by atoms with Gasteiger partial charge in [-0.25, -0.2) is 4.79 Å². The Morgan fingerprint density at radius 1 is 1.18 bits per heavy atom. The number of hydrogen-bond acceptors (Lipinski definition) is 8. The Kier molecular flexibility index (Phi) is 7.17. The summed E-state index contributed by atoms with van der Waals surface area (Å²) in [5.41, 5.74) is 6.92. The van der Waals surface area contributed by atoms with E-state index >= 15 is 0 Å². The minimum absolute atomic E-state index is 0.0143. The molecule has 0 aliphatic rings. The molecule has 33 heavy (non-hydrogen) atoms. The summed E-state index contributed by atoms with van der Waals surface area (Å²) in [7, 11) is 0. The van der Waals surface area contributed by atoms with Crippen LogP contribution in [0.4, 0.5) is 10.7 Å². The highest BCUT2D eigenvalue weighted by molar-refractivity contribution is 7.18. The summed E-state index contributed by atoms with van der Waals surface area (Å²) >= 11 is 0.886. The molecule has 0 aliphatic carbocycles. The molecule has 9 nitrogen and oxygen atoms in total. The Hall–Kier alpha value is -3.66. The zero-order valence-corrected chi connectivity index (χ0v) is 19.7. The van der Waals surface area contributed by atoms with Gasteiger partial charge in [0.05, 0.1) is 17.0 Å². The maximum absolute atomic E-state index is 13.0. The number of anilines is 2. The Morgan fingerprint density at radius 2 is 1.88 bits per heavy atom. The fourth-order valence-corrected chi connectivity index (χ4v) is 4.57. The lowest BCUT2D eigenvalue weighted by molar-refractivity contribution is 0.0527. The summed E-state index contributed by atoms with van der Waals surface area (Å²) < 4.78 is 10.7. The van der Waals surface area contributed by atoms with E-state index in [1.807, 2.05) is 18.2 Å². The van der Waals surface area contributed by atoms with E-state index in [0.29, 0.717) is 16.5 Å². The maximum atomic E-state index is 13.0. The Labute approximate surface area is 194 Å². The molecule has 0 radical (unpaired) electrons. The molecule has 2 amide bonds. The van der Waals surface area contributed by atoms with Crippen LogP contribution < -0.4 is 21.5 Å². The van der Waals surface area contributed by atoms with Gasteiger partial charge in [0.25, 0.3) is 11.8 Å². The first kappa shape index (κ1) is 24.0. The molecule has 0 atom stereocenters. The molecule has 0 saturated heterocycles. The molecule has 3 aromatic rings. The lowest BCUT2D eigenvalue weighted by Crippen LogP contribution is -2.22. The van der Waals surface area contributed by atoms with Gasteiger partial charge in [0.2, 0.25) is 5.55 Å². The third kappa shape index (κ3) is 4.75. The number of carbonyl (C=O) groups is 3. The fraction of sp³-hybridized carbons (Fsp3) is 0.304. The van der Waals surface area contributed by atoms with Gasteiger partial charge >= 0.3 is 5.97 Å². The monoisotopic (exact) mass is 470 g/mol. The number of thiophene rings is 1. The SMILES string of the molecule is CCOC(=O)c1c(NC(=O)c2cc3ccc(N(CC)CC)cc3oc2=N)sc(C(N)=O)c1C. The molecule has 2 heterocycles. The van der Waals surface area contributed by atoms with E-state index in [2.05, 4.69) is 24.1 Å². The van der Waals surface area contributed by atoms with Gasteiger partial charge in [0.15, 0.2) is 0 Å². The van der Waals surface area contributed by atoms with Crippen molar-refractivity contribution in [2.24, 2.45) is 5.73 Å². The van der Waals surface area contributed by atoms with Gasteiger partial charge in [-0.3, -0.25) is 15.0 Å². The number of carbonyl (C=O) groups excluding carboxylic acids is 3. The van der Waals surface area contributed by atoms with Crippen molar-refractivity contribution in [1.82, 2.24) is 0 Å². The summed E-state index contributed by atoms with van der Waals surface area (Å²) in [4.78, 5) is 39.5. The molecular weight excluding hydrogens is 444 g/mol. The number of hydrogen-bond donors (Lipinski definition) is 3. The van der Waals surface area contributed by atoms with E-state index in [4.69, 9.17) is 20.3 Å².